The van der Waals surface area contributed by atoms with Gasteiger partial charge in [-0.3, -0.25) is 4.90 Å². The fourth-order valence-electron chi connectivity index (χ4n) is 5.44. The highest BCUT2D eigenvalue weighted by atomic mass is 16.5. The second kappa shape index (κ2) is 11.5. The molecule has 0 aromatic carbocycles. The van der Waals surface area contributed by atoms with Gasteiger partial charge in [-0.2, -0.15) is 0 Å². The summed E-state index contributed by atoms with van der Waals surface area (Å²) in [5.74, 6) is 3.65. The molecule has 8 nitrogen and oxygen atoms in total. The van der Waals surface area contributed by atoms with E-state index < -0.39 is 0 Å². The Hall–Kier alpha value is -1.67. The molecule has 180 valence electrons. The standard InChI is InChI=1S/C24H43N7O/c1-4-30-13-7-10-21(30)16-25-24(26-17-23-28-27-19(2)29(23)3)31-14-11-22(12-15-31)32-18-20-8-5-6-9-20/h20-22H,4-18H2,1-3H3,(H,25,26). The molecule has 0 bridgehead atoms. The number of hydrogen-bond acceptors (Lipinski definition) is 5. The molecule has 1 N–H and O–H groups in total. The molecule has 1 aliphatic carbocycles. The van der Waals surface area contributed by atoms with Gasteiger partial charge in [0.05, 0.1) is 6.10 Å². The highest BCUT2D eigenvalue weighted by Crippen LogP contribution is 2.26. The van der Waals surface area contributed by atoms with Crippen LogP contribution in [0.4, 0.5) is 0 Å². The Morgan fingerprint density at radius 2 is 1.84 bits per heavy atom. The lowest BCUT2D eigenvalue weighted by molar-refractivity contribution is 0.000958. The van der Waals surface area contributed by atoms with Crippen molar-refractivity contribution in [1.29, 1.82) is 0 Å². The lowest BCUT2D eigenvalue weighted by Gasteiger charge is -2.35. The maximum Gasteiger partial charge on any atom is 0.194 e. The van der Waals surface area contributed by atoms with E-state index in [0.717, 1.165) is 69.2 Å². The number of aromatic nitrogens is 3. The van der Waals surface area contributed by atoms with E-state index in [4.69, 9.17) is 9.73 Å². The van der Waals surface area contributed by atoms with Crippen molar-refractivity contribution < 1.29 is 4.74 Å². The highest BCUT2D eigenvalue weighted by molar-refractivity contribution is 5.80. The smallest absolute Gasteiger partial charge is 0.194 e. The maximum atomic E-state index is 6.30. The van der Waals surface area contributed by atoms with E-state index in [1.54, 1.807) is 0 Å². The second-order valence-electron chi connectivity index (χ2n) is 9.84. The molecule has 0 radical (unpaired) electrons. The van der Waals surface area contributed by atoms with Gasteiger partial charge in [0.15, 0.2) is 11.8 Å². The number of ether oxygens (including phenoxy) is 1. The number of likely N-dealkylation sites (tertiary alicyclic amines) is 2. The van der Waals surface area contributed by atoms with Crippen LogP contribution in [0.5, 0.6) is 0 Å². The Bertz CT molecular complexity index is 735. The van der Waals surface area contributed by atoms with Gasteiger partial charge in [-0.1, -0.05) is 19.8 Å². The molecule has 1 atom stereocenters. The molecular formula is C24H43N7O. The van der Waals surface area contributed by atoms with Gasteiger partial charge in [0.25, 0.3) is 0 Å². The van der Waals surface area contributed by atoms with Crippen LogP contribution in [0.1, 0.15) is 69.9 Å². The molecule has 3 aliphatic rings. The number of guanidine groups is 1. The quantitative estimate of drug-likeness (QED) is 0.490. The lowest BCUT2D eigenvalue weighted by Crippen LogP contribution is -2.50. The minimum atomic E-state index is 0.403. The average molecular weight is 446 g/mol. The van der Waals surface area contributed by atoms with Crippen LogP contribution in [0.15, 0.2) is 4.99 Å². The van der Waals surface area contributed by atoms with E-state index in [-0.39, 0.29) is 0 Å². The molecule has 1 aromatic rings. The van der Waals surface area contributed by atoms with Crippen LogP contribution in [0.25, 0.3) is 0 Å². The number of likely N-dealkylation sites (N-methyl/N-ethyl adjacent to an activating group) is 1. The number of hydrogen-bond donors (Lipinski definition) is 1. The second-order valence-corrected chi connectivity index (χ2v) is 9.84. The molecule has 1 aromatic heterocycles. The van der Waals surface area contributed by atoms with Gasteiger partial charge in [-0.25, -0.2) is 4.99 Å². The Labute approximate surface area is 193 Å². The van der Waals surface area contributed by atoms with Crippen LogP contribution in [0, 0.1) is 12.8 Å². The maximum absolute atomic E-state index is 6.30. The van der Waals surface area contributed by atoms with Crippen LogP contribution in [0.2, 0.25) is 0 Å². The molecule has 8 heteroatoms. The molecule has 0 amide bonds. The van der Waals surface area contributed by atoms with Crippen LogP contribution in [-0.2, 0) is 18.3 Å². The van der Waals surface area contributed by atoms with Crippen molar-refractivity contribution in [2.75, 3.05) is 39.3 Å². The molecule has 1 saturated carbocycles. The Morgan fingerprint density at radius 1 is 1.06 bits per heavy atom. The zero-order valence-corrected chi connectivity index (χ0v) is 20.4. The van der Waals surface area contributed by atoms with Gasteiger partial charge in [0, 0.05) is 39.3 Å². The largest absolute Gasteiger partial charge is 0.378 e. The van der Waals surface area contributed by atoms with Crippen molar-refractivity contribution in [1.82, 2.24) is 29.9 Å². The van der Waals surface area contributed by atoms with E-state index in [0.29, 0.717) is 18.7 Å². The van der Waals surface area contributed by atoms with Crippen molar-refractivity contribution in [2.24, 2.45) is 18.0 Å². The normalized spacial score (nSPS) is 24.0. The van der Waals surface area contributed by atoms with Crippen molar-refractivity contribution in [3.8, 4) is 0 Å². The van der Waals surface area contributed by atoms with Crippen molar-refractivity contribution in [2.45, 2.75) is 83.9 Å². The predicted molar refractivity (Wildman–Crippen MR) is 128 cm³/mol. The number of rotatable bonds is 8. The molecule has 3 heterocycles. The third-order valence-electron chi connectivity index (χ3n) is 7.74. The van der Waals surface area contributed by atoms with Gasteiger partial charge in [-0.05, 0) is 64.5 Å². The first-order chi connectivity index (χ1) is 15.6. The minimum absolute atomic E-state index is 0.403. The first-order valence-corrected chi connectivity index (χ1v) is 12.9. The van der Waals surface area contributed by atoms with Gasteiger partial charge < -0.3 is 19.5 Å². The Morgan fingerprint density at radius 3 is 2.53 bits per heavy atom. The molecule has 2 aliphatic heterocycles. The van der Waals surface area contributed by atoms with Gasteiger partial charge in [0.1, 0.15) is 12.4 Å². The van der Waals surface area contributed by atoms with Crippen LogP contribution >= 0.6 is 0 Å². The fraction of sp³-hybridized carbons (Fsp3) is 0.875. The summed E-state index contributed by atoms with van der Waals surface area (Å²) in [6, 6.07) is 0.606. The molecular weight excluding hydrogens is 402 g/mol. The summed E-state index contributed by atoms with van der Waals surface area (Å²) in [7, 11) is 2.01. The van der Waals surface area contributed by atoms with Crippen molar-refractivity contribution in [3.63, 3.8) is 0 Å². The molecule has 3 fully saturated rings. The van der Waals surface area contributed by atoms with E-state index in [9.17, 15) is 0 Å². The number of nitrogens with one attached hydrogen (secondary N) is 1. The summed E-state index contributed by atoms with van der Waals surface area (Å²) in [4.78, 5) is 9.99. The van der Waals surface area contributed by atoms with Gasteiger partial charge in [0.2, 0.25) is 0 Å². The monoisotopic (exact) mass is 445 g/mol. The number of aryl methyl sites for hydroxylation is 1. The average Bonchev–Trinajstić information content (AvgIpc) is 3.56. The van der Waals surface area contributed by atoms with E-state index in [2.05, 4.69) is 32.2 Å². The molecule has 4 rings (SSSR count). The van der Waals surface area contributed by atoms with Crippen molar-refractivity contribution in [3.05, 3.63) is 11.6 Å². The summed E-state index contributed by atoms with van der Waals surface area (Å²) in [6.45, 7) is 11.1. The summed E-state index contributed by atoms with van der Waals surface area (Å²) in [6.07, 6.45) is 10.6. The van der Waals surface area contributed by atoms with Crippen molar-refractivity contribution >= 4 is 5.96 Å². The molecule has 2 saturated heterocycles. The van der Waals surface area contributed by atoms with Crippen LogP contribution < -0.4 is 5.32 Å². The fourth-order valence-corrected chi connectivity index (χ4v) is 5.44. The van der Waals surface area contributed by atoms with E-state index >= 15 is 0 Å². The zero-order chi connectivity index (χ0) is 22.3. The molecule has 0 spiro atoms. The minimum Gasteiger partial charge on any atom is -0.378 e. The van der Waals surface area contributed by atoms with E-state index in [1.807, 2.05) is 18.5 Å². The van der Waals surface area contributed by atoms with E-state index in [1.165, 1.54) is 45.1 Å². The summed E-state index contributed by atoms with van der Waals surface area (Å²) in [5, 5.41) is 12.2. The first-order valence-electron chi connectivity index (χ1n) is 12.9. The van der Waals surface area contributed by atoms with Crippen LogP contribution in [0.3, 0.4) is 0 Å². The Kier molecular flexibility index (Phi) is 8.41. The van der Waals surface area contributed by atoms with Gasteiger partial charge in [-0.15, -0.1) is 10.2 Å². The Balaban J connectivity index is 1.33. The number of aliphatic imine (C=N–C) groups is 1. The lowest BCUT2D eigenvalue weighted by atomic mass is 10.1. The highest BCUT2D eigenvalue weighted by Gasteiger charge is 2.26. The van der Waals surface area contributed by atoms with Crippen LogP contribution in [-0.4, -0.2) is 82.0 Å². The first kappa shape index (κ1) is 23.5. The topological polar surface area (TPSA) is 70.8 Å². The van der Waals surface area contributed by atoms with Gasteiger partial charge >= 0.3 is 0 Å². The molecule has 32 heavy (non-hydrogen) atoms. The summed E-state index contributed by atoms with van der Waals surface area (Å²) in [5.41, 5.74) is 0. The number of piperidine rings is 1. The predicted octanol–water partition coefficient (Wildman–Crippen LogP) is 2.72. The SMILES string of the molecule is CCN1CCCC1CNC(=NCc1nnc(C)n1C)N1CCC(OCC2CCCC2)CC1. The molecule has 1 unspecified atom stereocenters. The summed E-state index contributed by atoms with van der Waals surface area (Å²) < 4.78 is 8.33. The number of nitrogens with zero attached hydrogens (tertiary/aromatic N) is 6. The third kappa shape index (κ3) is 6.01. The third-order valence-corrected chi connectivity index (χ3v) is 7.74. The zero-order valence-electron chi connectivity index (χ0n) is 20.4. The summed E-state index contributed by atoms with van der Waals surface area (Å²) >= 11 is 0.